The van der Waals surface area contributed by atoms with E-state index >= 15 is 0 Å². The third-order valence-electron chi connectivity index (χ3n) is 3.18. The van der Waals surface area contributed by atoms with Crippen LogP contribution >= 0.6 is 15.9 Å². The summed E-state index contributed by atoms with van der Waals surface area (Å²) in [5.41, 5.74) is 0. The van der Waals surface area contributed by atoms with Gasteiger partial charge in [0.2, 0.25) is 5.91 Å². The standard InChI is InChI=1S/C10H16BrNO/c11-8-3-5-9(6-4-8)12-7-1-2-10(12)13/h8-9H,1-7H2. The third-order valence-corrected chi connectivity index (χ3v) is 4.09. The molecule has 3 heteroatoms. The van der Waals surface area contributed by atoms with E-state index in [1.807, 2.05) is 0 Å². The number of alkyl halides is 1. The fourth-order valence-electron chi connectivity index (χ4n) is 2.40. The van der Waals surface area contributed by atoms with Gasteiger partial charge in [-0.05, 0) is 32.1 Å². The van der Waals surface area contributed by atoms with Crippen molar-refractivity contribution in [1.82, 2.24) is 4.90 Å². The maximum atomic E-state index is 11.5. The van der Waals surface area contributed by atoms with Crippen molar-refractivity contribution in [3.63, 3.8) is 0 Å². The molecule has 1 heterocycles. The highest BCUT2D eigenvalue weighted by Gasteiger charge is 2.30. The van der Waals surface area contributed by atoms with Gasteiger partial charge in [-0.15, -0.1) is 0 Å². The van der Waals surface area contributed by atoms with Crippen molar-refractivity contribution in [2.75, 3.05) is 6.54 Å². The first-order valence-corrected chi connectivity index (χ1v) is 6.12. The topological polar surface area (TPSA) is 20.3 Å². The smallest absolute Gasteiger partial charge is 0.222 e. The van der Waals surface area contributed by atoms with Gasteiger partial charge in [0.05, 0.1) is 0 Å². The van der Waals surface area contributed by atoms with E-state index in [1.54, 1.807) is 0 Å². The lowest BCUT2D eigenvalue weighted by Gasteiger charge is -2.32. The molecule has 0 aromatic carbocycles. The summed E-state index contributed by atoms with van der Waals surface area (Å²) in [4.78, 5) is 14.3. The monoisotopic (exact) mass is 245 g/mol. The molecule has 1 saturated carbocycles. The van der Waals surface area contributed by atoms with Gasteiger partial charge < -0.3 is 4.90 Å². The van der Waals surface area contributed by atoms with Gasteiger partial charge in [-0.2, -0.15) is 0 Å². The van der Waals surface area contributed by atoms with E-state index in [-0.39, 0.29) is 0 Å². The molecule has 2 nitrogen and oxygen atoms in total. The summed E-state index contributed by atoms with van der Waals surface area (Å²) in [5, 5.41) is 0. The van der Waals surface area contributed by atoms with E-state index in [0.717, 1.165) is 19.4 Å². The van der Waals surface area contributed by atoms with Gasteiger partial charge in [0, 0.05) is 23.8 Å². The minimum Gasteiger partial charge on any atom is -0.340 e. The van der Waals surface area contributed by atoms with Crippen molar-refractivity contribution in [1.29, 1.82) is 0 Å². The van der Waals surface area contributed by atoms with Crippen molar-refractivity contribution in [2.24, 2.45) is 0 Å². The van der Waals surface area contributed by atoms with Crippen LogP contribution in [0.1, 0.15) is 38.5 Å². The molecule has 1 aliphatic carbocycles. The van der Waals surface area contributed by atoms with Crippen molar-refractivity contribution in [3.05, 3.63) is 0 Å². The molecule has 1 aliphatic heterocycles. The predicted octanol–water partition coefficient (Wildman–Crippen LogP) is 2.31. The molecular weight excluding hydrogens is 230 g/mol. The maximum Gasteiger partial charge on any atom is 0.222 e. The number of hydrogen-bond acceptors (Lipinski definition) is 1. The number of carbonyl (C=O) groups excluding carboxylic acids is 1. The minimum atomic E-state index is 0.387. The van der Waals surface area contributed by atoms with Crippen LogP contribution in [0, 0.1) is 0 Å². The Balaban J connectivity index is 1.90. The summed E-state index contributed by atoms with van der Waals surface area (Å²) in [7, 11) is 0. The molecule has 0 N–H and O–H groups in total. The zero-order valence-corrected chi connectivity index (χ0v) is 9.42. The molecular formula is C10H16BrNO. The van der Waals surface area contributed by atoms with Crippen LogP contribution in [-0.2, 0) is 4.79 Å². The molecule has 0 aromatic rings. The second-order valence-corrected chi connectivity index (χ2v) is 5.39. The first-order valence-electron chi connectivity index (χ1n) is 5.21. The van der Waals surface area contributed by atoms with E-state index in [1.165, 1.54) is 25.7 Å². The number of hydrogen-bond donors (Lipinski definition) is 0. The number of amides is 1. The highest BCUT2D eigenvalue weighted by Crippen LogP contribution is 2.29. The van der Waals surface area contributed by atoms with Crippen molar-refractivity contribution < 1.29 is 4.79 Å². The van der Waals surface area contributed by atoms with Gasteiger partial charge >= 0.3 is 0 Å². The average Bonchev–Trinajstić information content (AvgIpc) is 2.53. The SMILES string of the molecule is O=C1CCCN1C1CCC(Br)CC1. The summed E-state index contributed by atoms with van der Waals surface area (Å²) in [6, 6.07) is 0.559. The Morgan fingerprint density at radius 3 is 2.46 bits per heavy atom. The predicted molar refractivity (Wildman–Crippen MR) is 55.9 cm³/mol. The van der Waals surface area contributed by atoms with E-state index in [9.17, 15) is 4.79 Å². The van der Waals surface area contributed by atoms with Crippen LogP contribution in [-0.4, -0.2) is 28.2 Å². The average molecular weight is 246 g/mol. The molecule has 0 atom stereocenters. The number of nitrogens with zero attached hydrogens (tertiary/aromatic N) is 1. The van der Waals surface area contributed by atoms with Gasteiger partial charge in [0.1, 0.15) is 0 Å². The first-order chi connectivity index (χ1) is 6.27. The largest absolute Gasteiger partial charge is 0.340 e. The Hall–Kier alpha value is -0.0500. The van der Waals surface area contributed by atoms with Crippen molar-refractivity contribution >= 4 is 21.8 Å². The molecule has 0 bridgehead atoms. The van der Waals surface area contributed by atoms with Crippen LogP contribution < -0.4 is 0 Å². The second-order valence-electron chi connectivity index (χ2n) is 4.10. The van der Waals surface area contributed by atoms with E-state index in [0.29, 0.717) is 16.8 Å². The number of carbonyl (C=O) groups is 1. The lowest BCUT2D eigenvalue weighted by atomic mass is 9.94. The molecule has 0 aromatic heterocycles. The molecule has 2 rings (SSSR count). The zero-order chi connectivity index (χ0) is 9.26. The van der Waals surface area contributed by atoms with Gasteiger partial charge in [-0.3, -0.25) is 4.79 Å². The fraction of sp³-hybridized carbons (Fsp3) is 0.900. The van der Waals surface area contributed by atoms with E-state index in [4.69, 9.17) is 0 Å². The van der Waals surface area contributed by atoms with Crippen LogP contribution in [0.15, 0.2) is 0 Å². The van der Waals surface area contributed by atoms with Gasteiger partial charge in [0.15, 0.2) is 0 Å². The highest BCUT2D eigenvalue weighted by atomic mass is 79.9. The van der Waals surface area contributed by atoms with Gasteiger partial charge in [-0.25, -0.2) is 0 Å². The summed E-state index contributed by atoms with van der Waals surface area (Å²) in [5.74, 6) is 0.387. The second kappa shape index (κ2) is 3.99. The van der Waals surface area contributed by atoms with Crippen LogP contribution in [0.5, 0.6) is 0 Å². The summed E-state index contributed by atoms with van der Waals surface area (Å²) in [6.45, 7) is 1.01. The van der Waals surface area contributed by atoms with Crippen molar-refractivity contribution in [3.8, 4) is 0 Å². The van der Waals surface area contributed by atoms with Crippen molar-refractivity contribution in [2.45, 2.75) is 49.4 Å². The Bertz CT molecular complexity index is 199. The van der Waals surface area contributed by atoms with Crippen LogP contribution in [0.4, 0.5) is 0 Å². The Kier molecular flexibility index (Phi) is 2.92. The Morgan fingerprint density at radius 1 is 1.23 bits per heavy atom. The summed E-state index contributed by atoms with van der Waals surface area (Å²) < 4.78 is 0. The molecule has 0 spiro atoms. The molecule has 1 amide bonds. The molecule has 13 heavy (non-hydrogen) atoms. The van der Waals surface area contributed by atoms with Crippen LogP contribution in [0.2, 0.25) is 0 Å². The Morgan fingerprint density at radius 2 is 1.92 bits per heavy atom. The molecule has 74 valence electrons. The lowest BCUT2D eigenvalue weighted by Crippen LogP contribution is -2.38. The van der Waals surface area contributed by atoms with Crippen LogP contribution in [0.25, 0.3) is 0 Å². The quantitative estimate of drug-likeness (QED) is 0.650. The molecule has 2 fully saturated rings. The minimum absolute atomic E-state index is 0.387. The fourth-order valence-corrected chi connectivity index (χ4v) is 2.93. The number of likely N-dealkylation sites (tertiary alicyclic amines) is 1. The zero-order valence-electron chi connectivity index (χ0n) is 7.84. The highest BCUT2D eigenvalue weighted by molar-refractivity contribution is 9.09. The van der Waals surface area contributed by atoms with Crippen LogP contribution in [0.3, 0.4) is 0 Å². The summed E-state index contributed by atoms with van der Waals surface area (Å²) >= 11 is 3.64. The number of halogens is 1. The van der Waals surface area contributed by atoms with Gasteiger partial charge in [0.25, 0.3) is 0 Å². The molecule has 2 aliphatic rings. The van der Waals surface area contributed by atoms with E-state index in [2.05, 4.69) is 20.8 Å². The first kappa shape index (κ1) is 9.50. The Labute approximate surface area is 87.8 Å². The molecule has 1 saturated heterocycles. The third kappa shape index (κ3) is 2.06. The lowest BCUT2D eigenvalue weighted by molar-refractivity contribution is -0.130. The number of rotatable bonds is 1. The molecule has 0 unspecified atom stereocenters. The molecule has 0 radical (unpaired) electrons. The van der Waals surface area contributed by atoms with Gasteiger partial charge in [-0.1, -0.05) is 15.9 Å². The maximum absolute atomic E-state index is 11.5. The van der Waals surface area contributed by atoms with E-state index < -0.39 is 0 Å². The normalized spacial score (nSPS) is 35.5. The summed E-state index contributed by atoms with van der Waals surface area (Å²) in [6.07, 6.45) is 6.72.